The van der Waals surface area contributed by atoms with Gasteiger partial charge in [-0.2, -0.15) is 5.10 Å². The van der Waals surface area contributed by atoms with Crippen molar-refractivity contribution in [3.05, 3.63) is 71.9 Å². The number of nitrogens with zero attached hydrogens (tertiary/aromatic N) is 2. The highest BCUT2D eigenvalue weighted by Crippen LogP contribution is 2.30. The Morgan fingerprint density at radius 3 is 2.68 bits per heavy atom. The van der Waals surface area contributed by atoms with Crippen molar-refractivity contribution in [2.24, 2.45) is 5.10 Å². The minimum absolute atomic E-state index is 0.00449. The Balaban J connectivity index is 1.60. The standard InChI is InChI=1S/C22H22N4O2/c1-26-21(27)12-11-20(25-26)22(28)24-13-17(15-7-3-2-4-8-15)18-14-23-19-10-6-5-9-16(18)19/h2-10,14,17,23H,11-13H2,1H3,(H,24,28). The van der Waals surface area contributed by atoms with Gasteiger partial charge in [0.1, 0.15) is 5.71 Å². The molecular formula is C22H22N4O2. The normalized spacial score (nSPS) is 15.4. The van der Waals surface area contributed by atoms with E-state index in [1.807, 2.05) is 42.6 Å². The third-order valence-corrected chi connectivity index (χ3v) is 5.13. The van der Waals surface area contributed by atoms with E-state index in [4.69, 9.17) is 0 Å². The first-order valence-corrected chi connectivity index (χ1v) is 9.36. The number of benzene rings is 2. The number of carbonyl (C=O) groups is 2. The van der Waals surface area contributed by atoms with Crippen LogP contribution in [0.15, 0.2) is 65.9 Å². The van der Waals surface area contributed by atoms with Crippen molar-refractivity contribution in [2.45, 2.75) is 18.8 Å². The van der Waals surface area contributed by atoms with Crippen molar-refractivity contribution in [3.63, 3.8) is 0 Å². The van der Waals surface area contributed by atoms with Crippen LogP contribution in [0.5, 0.6) is 0 Å². The Bertz CT molecular complexity index is 1040. The molecule has 0 saturated carbocycles. The molecule has 6 nitrogen and oxygen atoms in total. The summed E-state index contributed by atoms with van der Waals surface area (Å²) in [6.45, 7) is 0.446. The van der Waals surface area contributed by atoms with Crippen LogP contribution in [0.3, 0.4) is 0 Å². The lowest BCUT2D eigenvalue weighted by atomic mass is 9.91. The molecule has 0 aliphatic carbocycles. The molecule has 4 rings (SSSR count). The summed E-state index contributed by atoms with van der Waals surface area (Å²) in [5.74, 6) is -0.289. The summed E-state index contributed by atoms with van der Waals surface area (Å²) in [5, 5.41) is 9.51. The number of nitrogens with one attached hydrogen (secondary N) is 2. The molecule has 142 valence electrons. The van der Waals surface area contributed by atoms with Crippen molar-refractivity contribution >= 4 is 28.4 Å². The van der Waals surface area contributed by atoms with E-state index in [-0.39, 0.29) is 17.7 Å². The predicted octanol–water partition coefficient (Wildman–Crippen LogP) is 3.02. The van der Waals surface area contributed by atoms with Crippen LogP contribution in [0.4, 0.5) is 0 Å². The number of carbonyl (C=O) groups excluding carboxylic acids is 2. The lowest BCUT2D eigenvalue weighted by Gasteiger charge is -2.21. The van der Waals surface area contributed by atoms with Crippen LogP contribution < -0.4 is 5.32 Å². The van der Waals surface area contributed by atoms with E-state index in [2.05, 4.69) is 33.6 Å². The highest BCUT2D eigenvalue weighted by atomic mass is 16.2. The number of rotatable bonds is 5. The summed E-state index contributed by atoms with van der Waals surface area (Å²) < 4.78 is 0. The molecule has 2 N–H and O–H groups in total. The number of hydrogen-bond acceptors (Lipinski definition) is 3. The Morgan fingerprint density at radius 2 is 1.89 bits per heavy atom. The summed E-state index contributed by atoms with van der Waals surface area (Å²) in [6.07, 6.45) is 2.70. The number of fused-ring (bicyclic) bond motifs is 1. The molecule has 0 bridgehead atoms. The van der Waals surface area contributed by atoms with Crippen molar-refractivity contribution in [1.29, 1.82) is 0 Å². The average Bonchev–Trinajstić information content (AvgIpc) is 3.15. The van der Waals surface area contributed by atoms with E-state index < -0.39 is 0 Å². The smallest absolute Gasteiger partial charge is 0.267 e. The largest absolute Gasteiger partial charge is 0.361 e. The molecule has 6 heteroatoms. The maximum absolute atomic E-state index is 12.6. The predicted molar refractivity (Wildman–Crippen MR) is 109 cm³/mol. The highest BCUT2D eigenvalue weighted by molar-refractivity contribution is 6.39. The average molecular weight is 374 g/mol. The van der Waals surface area contributed by atoms with Crippen molar-refractivity contribution in [2.75, 3.05) is 13.6 Å². The van der Waals surface area contributed by atoms with Gasteiger partial charge in [0, 0.05) is 49.5 Å². The molecule has 1 unspecified atom stereocenters. The van der Waals surface area contributed by atoms with Crippen LogP contribution in [0.2, 0.25) is 0 Å². The fourth-order valence-corrected chi connectivity index (χ4v) is 3.60. The number of hydrogen-bond donors (Lipinski definition) is 2. The van der Waals surface area contributed by atoms with E-state index in [1.54, 1.807) is 7.05 Å². The van der Waals surface area contributed by atoms with Crippen molar-refractivity contribution < 1.29 is 9.59 Å². The second-order valence-electron chi connectivity index (χ2n) is 6.93. The Labute approximate surface area is 163 Å². The fourth-order valence-electron chi connectivity index (χ4n) is 3.60. The molecule has 0 saturated heterocycles. The second kappa shape index (κ2) is 7.68. The Hall–Kier alpha value is -3.41. The van der Waals surface area contributed by atoms with Crippen LogP contribution >= 0.6 is 0 Å². The fraction of sp³-hybridized carbons (Fsp3) is 0.227. The Morgan fingerprint density at radius 1 is 1.14 bits per heavy atom. The highest BCUT2D eigenvalue weighted by Gasteiger charge is 2.24. The SMILES string of the molecule is CN1N=C(C(=O)NCC(c2ccccc2)c2c[nH]c3ccccc23)CCC1=O. The van der Waals surface area contributed by atoms with E-state index in [0.29, 0.717) is 25.1 Å². The van der Waals surface area contributed by atoms with Gasteiger partial charge in [0.25, 0.3) is 5.91 Å². The van der Waals surface area contributed by atoms with Gasteiger partial charge in [-0.05, 0) is 17.2 Å². The molecule has 0 fully saturated rings. The number of aromatic nitrogens is 1. The maximum Gasteiger partial charge on any atom is 0.267 e. The third kappa shape index (κ3) is 3.53. The zero-order chi connectivity index (χ0) is 19.5. The summed E-state index contributed by atoms with van der Waals surface area (Å²) >= 11 is 0. The van der Waals surface area contributed by atoms with E-state index in [0.717, 1.165) is 22.0 Å². The molecule has 2 amide bonds. The van der Waals surface area contributed by atoms with E-state index in [9.17, 15) is 9.59 Å². The summed E-state index contributed by atoms with van der Waals surface area (Å²) in [7, 11) is 1.58. The second-order valence-corrected chi connectivity index (χ2v) is 6.93. The molecular weight excluding hydrogens is 352 g/mol. The quantitative estimate of drug-likeness (QED) is 0.720. The van der Waals surface area contributed by atoms with Gasteiger partial charge >= 0.3 is 0 Å². The first-order valence-electron chi connectivity index (χ1n) is 9.36. The van der Waals surface area contributed by atoms with E-state index in [1.165, 1.54) is 5.01 Å². The molecule has 28 heavy (non-hydrogen) atoms. The van der Waals surface area contributed by atoms with E-state index >= 15 is 0 Å². The molecule has 2 heterocycles. The number of amides is 2. The molecule has 0 radical (unpaired) electrons. The summed E-state index contributed by atoms with van der Waals surface area (Å²) in [5.41, 5.74) is 3.74. The maximum atomic E-state index is 12.6. The zero-order valence-corrected chi connectivity index (χ0v) is 15.7. The van der Waals surface area contributed by atoms with Gasteiger partial charge in [-0.15, -0.1) is 0 Å². The molecule has 0 spiro atoms. The monoisotopic (exact) mass is 374 g/mol. The Kier molecular flexibility index (Phi) is 4.93. The van der Waals surface area contributed by atoms with Crippen LogP contribution in [-0.4, -0.2) is 41.1 Å². The number of H-pyrrole nitrogens is 1. The molecule has 1 aliphatic heterocycles. The number of aromatic amines is 1. The van der Waals surface area contributed by atoms with Gasteiger partial charge in [-0.3, -0.25) is 9.59 Å². The topological polar surface area (TPSA) is 77.6 Å². The summed E-state index contributed by atoms with van der Waals surface area (Å²) in [6, 6.07) is 18.3. The first-order chi connectivity index (χ1) is 13.6. The number of hydrazone groups is 1. The molecule has 2 aromatic carbocycles. The lowest BCUT2D eigenvalue weighted by molar-refractivity contribution is -0.130. The van der Waals surface area contributed by atoms with Crippen LogP contribution in [0.25, 0.3) is 10.9 Å². The number of para-hydroxylation sites is 1. The van der Waals surface area contributed by atoms with Gasteiger partial charge in [-0.1, -0.05) is 48.5 Å². The van der Waals surface area contributed by atoms with Gasteiger partial charge in [0.05, 0.1) is 0 Å². The molecule has 3 aromatic rings. The van der Waals surface area contributed by atoms with Crippen LogP contribution in [-0.2, 0) is 9.59 Å². The van der Waals surface area contributed by atoms with Gasteiger partial charge in [0.15, 0.2) is 0 Å². The molecule has 1 atom stereocenters. The zero-order valence-electron chi connectivity index (χ0n) is 15.7. The van der Waals surface area contributed by atoms with Gasteiger partial charge < -0.3 is 10.3 Å². The van der Waals surface area contributed by atoms with Crippen molar-refractivity contribution in [1.82, 2.24) is 15.3 Å². The minimum Gasteiger partial charge on any atom is -0.361 e. The third-order valence-electron chi connectivity index (χ3n) is 5.13. The van der Waals surface area contributed by atoms with Crippen LogP contribution in [0.1, 0.15) is 29.9 Å². The first kappa shape index (κ1) is 18.0. The molecule has 1 aromatic heterocycles. The van der Waals surface area contributed by atoms with Gasteiger partial charge in [-0.25, -0.2) is 5.01 Å². The van der Waals surface area contributed by atoms with Gasteiger partial charge in [0.2, 0.25) is 5.91 Å². The summed E-state index contributed by atoms with van der Waals surface area (Å²) in [4.78, 5) is 27.5. The lowest BCUT2D eigenvalue weighted by Crippen LogP contribution is -2.39. The minimum atomic E-state index is -0.222. The van der Waals surface area contributed by atoms with Crippen molar-refractivity contribution in [3.8, 4) is 0 Å². The van der Waals surface area contributed by atoms with Crippen LogP contribution in [0, 0.1) is 0 Å². The molecule has 1 aliphatic rings.